The van der Waals surface area contributed by atoms with E-state index in [1.165, 1.54) is 19.3 Å². The van der Waals surface area contributed by atoms with Crippen molar-refractivity contribution in [1.29, 1.82) is 0 Å². The standard InChI is InChI=1S/3C4H9.Fe/c3*1-3-4-2;/h3*1,3-4H2,2H3;/q3*-1;+3. The maximum atomic E-state index is 3.60. The summed E-state index contributed by atoms with van der Waals surface area (Å²) in [6.07, 6.45) is 6.83. The quantitative estimate of drug-likeness (QED) is 0.477. The molecule has 0 fully saturated rings. The SMILES string of the molecule is [CH2-]CCC.[CH2-]CCC.[CH2-]CCC.[Fe+3]. The van der Waals surface area contributed by atoms with Gasteiger partial charge in [0.05, 0.1) is 0 Å². The van der Waals surface area contributed by atoms with E-state index in [-0.39, 0.29) is 17.1 Å². The molecule has 0 aliphatic carbocycles. The minimum atomic E-state index is 0. The summed E-state index contributed by atoms with van der Waals surface area (Å²) in [5.41, 5.74) is 0. The van der Waals surface area contributed by atoms with Crippen molar-refractivity contribution >= 4 is 0 Å². The van der Waals surface area contributed by atoms with Gasteiger partial charge in [-0.15, -0.1) is 0 Å². The van der Waals surface area contributed by atoms with Crippen LogP contribution in [0.5, 0.6) is 0 Å². The average molecular weight is 227 g/mol. The zero-order valence-corrected chi connectivity index (χ0v) is 10.8. The monoisotopic (exact) mass is 227 g/mol. The van der Waals surface area contributed by atoms with E-state index in [9.17, 15) is 0 Å². The molecule has 0 aliphatic heterocycles. The zero-order valence-electron chi connectivity index (χ0n) is 9.72. The molecule has 13 heavy (non-hydrogen) atoms. The molecule has 0 spiro atoms. The van der Waals surface area contributed by atoms with Gasteiger partial charge in [-0.05, 0) is 0 Å². The van der Waals surface area contributed by atoms with E-state index in [0.717, 1.165) is 19.3 Å². The van der Waals surface area contributed by atoms with E-state index in [0.29, 0.717) is 0 Å². The first-order valence-electron chi connectivity index (χ1n) is 5.12. The Hall–Kier alpha value is 0.519. The fourth-order valence-electron chi connectivity index (χ4n) is 0. The van der Waals surface area contributed by atoms with E-state index >= 15 is 0 Å². The van der Waals surface area contributed by atoms with Gasteiger partial charge in [0.15, 0.2) is 0 Å². The van der Waals surface area contributed by atoms with Crippen LogP contribution < -0.4 is 0 Å². The molecular formula is C12H27Fe. The van der Waals surface area contributed by atoms with E-state index < -0.39 is 0 Å². The summed E-state index contributed by atoms with van der Waals surface area (Å²) < 4.78 is 0. The summed E-state index contributed by atoms with van der Waals surface area (Å²) in [5, 5.41) is 0. The summed E-state index contributed by atoms with van der Waals surface area (Å²) in [7, 11) is 0. The van der Waals surface area contributed by atoms with Gasteiger partial charge in [-0.25, -0.2) is 0 Å². The summed E-state index contributed by atoms with van der Waals surface area (Å²) >= 11 is 0. The van der Waals surface area contributed by atoms with Gasteiger partial charge in [-0.2, -0.15) is 19.3 Å². The fourth-order valence-corrected chi connectivity index (χ4v) is 0. The molecule has 0 N–H and O–H groups in total. The Balaban J connectivity index is -0.0000000450. The van der Waals surface area contributed by atoms with Crippen LogP contribution in [0.3, 0.4) is 0 Å². The van der Waals surface area contributed by atoms with Gasteiger partial charge in [0.2, 0.25) is 0 Å². The van der Waals surface area contributed by atoms with Gasteiger partial charge in [-0.1, -0.05) is 40.0 Å². The van der Waals surface area contributed by atoms with Crippen molar-refractivity contribution in [3.05, 3.63) is 20.8 Å². The molecule has 0 rings (SSSR count). The van der Waals surface area contributed by atoms with Crippen molar-refractivity contribution in [3.63, 3.8) is 0 Å². The Morgan fingerprint density at radius 3 is 0.692 bits per heavy atom. The second-order valence-electron chi connectivity index (χ2n) is 2.56. The number of hydrogen-bond acceptors (Lipinski definition) is 0. The predicted molar refractivity (Wildman–Crippen MR) is 60.8 cm³/mol. The van der Waals surface area contributed by atoms with Crippen molar-refractivity contribution < 1.29 is 17.1 Å². The molecule has 0 aromatic heterocycles. The molecule has 0 saturated carbocycles. The summed E-state index contributed by atoms with van der Waals surface area (Å²) in [6, 6.07) is 0. The fraction of sp³-hybridized carbons (Fsp3) is 0.750. The average Bonchev–Trinajstić information content (AvgIpc) is 2.18. The van der Waals surface area contributed by atoms with Crippen LogP contribution in [-0.4, -0.2) is 0 Å². The molecule has 1 radical (unpaired) electrons. The summed E-state index contributed by atoms with van der Waals surface area (Å²) in [6.45, 7) is 17.2. The topological polar surface area (TPSA) is 0 Å². The normalized spacial score (nSPS) is 6.92. The molecule has 0 aromatic carbocycles. The van der Waals surface area contributed by atoms with Gasteiger partial charge in [0, 0.05) is 0 Å². The third-order valence-corrected chi connectivity index (χ3v) is 1.06. The van der Waals surface area contributed by atoms with Crippen LogP contribution in [-0.2, 0) is 17.1 Å². The van der Waals surface area contributed by atoms with Gasteiger partial charge in [0.25, 0.3) is 0 Å². The molecule has 0 atom stereocenters. The Bertz CT molecular complexity index is 20.6. The summed E-state index contributed by atoms with van der Waals surface area (Å²) in [5.74, 6) is 0. The molecule has 0 aromatic rings. The molecule has 0 aliphatic rings. The Morgan fingerprint density at radius 2 is 0.692 bits per heavy atom. The van der Waals surface area contributed by atoms with Crippen LogP contribution in [0.15, 0.2) is 0 Å². The van der Waals surface area contributed by atoms with Crippen LogP contribution in [0.2, 0.25) is 0 Å². The third-order valence-electron chi connectivity index (χ3n) is 1.06. The molecule has 0 unspecified atom stereocenters. The minimum absolute atomic E-state index is 0. The van der Waals surface area contributed by atoms with Crippen molar-refractivity contribution in [1.82, 2.24) is 0 Å². The van der Waals surface area contributed by atoms with Crippen LogP contribution in [0.4, 0.5) is 0 Å². The van der Waals surface area contributed by atoms with Gasteiger partial charge >= 0.3 is 17.1 Å². The van der Waals surface area contributed by atoms with E-state index in [2.05, 4.69) is 41.5 Å². The van der Waals surface area contributed by atoms with Gasteiger partial charge < -0.3 is 20.8 Å². The first-order valence-corrected chi connectivity index (χ1v) is 5.12. The second-order valence-corrected chi connectivity index (χ2v) is 2.56. The zero-order chi connectivity index (χ0) is 10.2. The first-order chi connectivity index (χ1) is 5.74. The van der Waals surface area contributed by atoms with E-state index in [4.69, 9.17) is 0 Å². The third kappa shape index (κ3) is 112. The molecule has 0 heterocycles. The molecule has 0 bridgehead atoms. The first kappa shape index (κ1) is 23.4. The van der Waals surface area contributed by atoms with E-state index in [1.54, 1.807) is 0 Å². The molecule has 83 valence electrons. The summed E-state index contributed by atoms with van der Waals surface area (Å²) in [4.78, 5) is 0. The van der Waals surface area contributed by atoms with Crippen LogP contribution in [0, 0.1) is 20.8 Å². The van der Waals surface area contributed by atoms with Crippen molar-refractivity contribution in [2.75, 3.05) is 0 Å². The second kappa shape index (κ2) is 39.1. The predicted octanol–water partition coefficient (Wildman–Crippen LogP) is 4.86. The molecule has 0 nitrogen and oxygen atoms in total. The molecule has 0 saturated heterocycles. The minimum Gasteiger partial charge on any atom is -0.343 e. The maximum absolute atomic E-state index is 3.60. The van der Waals surface area contributed by atoms with Crippen LogP contribution in [0.25, 0.3) is 0 Å². The number of hydrogen-bond donors (Lipinski definition) is 0. The Morgan fingerprint density at radius 1 is 0.615 bits per heavy atom. The number of rotatable bonds is 3. The molecule has 1 heteroatoms. The molecule has 0 amide bonds. The van der Waals surface area contributed by atoms with Crippen molar-refractivity contribution in [2.24, 2.45) is 0 Å². The Kier molecular flexibility index (Phi) is 70.3. The van der Waals surface area contributed by atoms with Gasteiger partial charge in [-0.3, -0.25) is 0 Å². The van der Waals surface area contributed by atoms with Gasteiger partial charge in [0.1, 0.15) is 0 Å². The molecular weight excluding hydrogens is 200 g/mol. The van der Waals surface area contributed by atoms with E-state index in [1.807, 2.05) is 0 Å². The van der Waals surface area contributed by atoms with Crippen LogP contribution >= 0.6 is 0 Å². The smallest absolute Gasteiger partial charge is 0.343 e. The number of unbranched alkanes of at least 4 members (excludes halogenated alkanes) is 3. The maximum Gasteiger partial charge on any atom is 3.00 e. The van der Waals surface area contributed by atoms with Crippen molar-refractivity contribution in [2.45, 2.75) is 59.3 Å². The van der Waals surface area contributed by atoms with Crippen molar-refractivity contribution in [3.8, 4) is 0 Å². The Labute approximate surface area is 97.4 Å². The van der Waals surface area contributed by atoms with Crippen LogP contribution in [0.1, 0.15) is 59.3 Å². The largest absolute Gasteiger partial charge is 3.00 e.